The second-order valence-electron chi connectivity index (χ2n) is 7.11. The van der Waals surface area contributed by atoms with Gasteiger partial charge < -0.3 is 19.9 Å². The SMILES string of the molecule is CCCCNC(=O)Nc1c(C)ccnc1OCCCn1cnc(-c2ccccc2)c1. The number of nitrogens with one attached hydrogen (secondary N) is 2. The summed E-state index contributed by atoms with van der Waals surface area (Å²) in [6.45, 7) is 5.93. The minimum Gasteiger partial charge on any atom is -0.476 e. The monoisotopic (exact) mass is 407 g/mol. The molecule has 0 bridgehead atoms. The van der Waals surface area contributed by atoms with E-state index in [-0.39, 0.29) is 6.03 Å². The first-order valence-corrected chi connectivity index (χ1v) is 10.4. The lowest BCUT2D eigenvalue weighted by molar-refractivity contribution is 0.251. The molecule has 0 atom stereocenters. The average Bonchev–Trinajstić information content (AvgIpc) is 3.23. The molecule has 0 radical (unpaired) electrons. The first-order chi connectivity index (χ1) is 14.7. The number of aryl methyl sites for hydroxylation is 2. The molecule has 0 aliphatic heterocycles. The fourth-order valence-electron chi connectivity index (χ4n) is 2.99. The van der Waals surface area contributed by atoms with Gasteiger partial charge in [0.25, 0.3) is 0 Å². The zero-order valence-electron chi connectivity index (χ0n) is 17.6. The van der Waals surface area contributed by atoms with E-state index in [0.717, 1.165) is 42.6 Å². The number of imidazole rings is 1. The lowest BCUT2D eigenvalue weighted by atomic mass is 10.2. The van der Waals surface area contributed by atoms with E-state index in [9.17, 15) is 4.79 Å². The lowest BCUT2D eigenvalue weighted by Crippen LogP contribution is -2.30. The smallest absolute Gasteiger partial charge is 0.319 e. The number of carbonyl (C=O) groups excluding carboxylic acids is 1. The Labute approximate surface area is 177 Å². The van der Waals surface area contributed by atoms with Gasteiger partial charge in [-0.1, -0.05) is 43.7 Å². The van der Waals surface area contributed by atoms with Crippen molar-refractivity contribution in [2.45, 2.75) is 39.7 Å². The van der Waals surface area contributed by atoms with Gasteiger partial charge in [0.2, 0.25) is 5.88 Å². The van der Waals surface area contributed by atoms with E-state index in [0.29, 0.717) is 24.7 Å². The van der Waals surface area contributed by atoms with Crippen molar-refractivity contribution in [1.29, 1.82) is 0 Å². The molecule has 0 unspecified atom stereocenters. The third-order valence-electron chi connectivity index (χ3n) is 4.68. The summed E-state index contributed by atoms with van der Waals surface area (Å²) in [7, 11) is 0. The Kier molecular flexibility index (Phi) is 7.83. The van der Waals surface area contributed by atoms with E-state index < -0.39 is 0 Å². The fourth-order valence-corrected chi connectivity index (χ4v) is 2.99. The highest BCUT2D eigenvalue weighted by molar-refractivity contribution is 5.91. The Hall–Kier alpha value is -3.35. The van der Waals surface area contributed by atoms with Gasteiger partial charge in [0, 0.05) is 31.0 Å². The first kappa shape index (κ1) is 21.4. The highest BCUT2D eigenvalue weighted by Gasteiger charge is 2.12. The number of hydrogen-bond donors (Lipinski definition) is 2. The summed E-state index contributed by atoms with van der Waals surface area (Å²) < 4.78 is 7.92. The minimum atomic E-state index is -0.240. The summed E-state index contributed by atoms with van der Waals surface area (Å²) in [6.07, 6.45) is 8.33. The average molecular weight is 408 g/mol. The van der Waals surface area contributed by atoms with Crippen molar-refractivity contribution < 1.29 is 9.53 Å². The van der Waals surface area contributed by atoms with E-state index in [4.69, 9.17) is 4.74 Å². The van der Waals surface area contributed by atoms with Crippen molar-refractivity contribution in [3.8, 4) is 17.1 Å². The Morgan fingerprint density at radius 2 is 1.97 bits per heavy atom. The van der Waals surface area contributed by atoms with E-state index >= 15 is 0 Å². The van der Waals surface area contributed by atoms with Crippen LogP contribution in [0.4, 0.5) is 10.5 Å². The van der Waals surface area contributed by atoms with Gasteiger partial charge in [0.15, 0.2) is 0 Å². The fraction of sp³-hybridized carbons (Fsp3) is 0.348. The highest BCUT2D eigenvalue weighted by Crippen LogP contribution is 2.25. The number of nitrogens with zero attached hydrogens (tertiary/aromatic N) is 3. The van der Waals surface area contributed by atoms with Crippen molar-refractivity contribution in [3.63, 3.8) is 0 Å². The van der Waals surface area contributed by atoms with Crippen molar-refractivity contribution in [3.05, 3.63) is 60.7 Å². The number of urea groups is 1. The van der Waals surface area contributed by atoms with E-state index in [1.165, 1.54) is 0 Å². The molecule has 0 saturated heterocycles. The Bertz CT molecular complexity index is 940. The number of unbranched alkanes of at least 4 members (excludes halogenated alkanes) is 1. The van der Waals surface area contributed by atoms with E-state index in [1.54, 1.807) is 6.20 Å². The van der Waals surface area contributed by atoms with Gasteiger partial charge >= 0.3 is 6.03 Å². The molecular weight excluding hydrogens is 378 g/mol. The maximum atomic E-state index is 12.1. The predicted molar refractivity (Wildman–Crippen MR) is 119 cm³/mol. The van der Waals surface area contributed by atoms with Gasteiger partial charge in [-0.15, -0.1) is 0 Å². The first-order valence-electron chi connectivity index (χ1n) is 10.4. The van der Waals surface area contributed by atoms with Crippen LogP contribution >= 0.6 is 0 Å². The highest BCUT2D eigenvalue weighted by atomic mass is 16.5. The molecule has 0 fully saturated rings. The van der Waals surface area contributed by atoms with Crippen LogP contribution in [0.15, 0.2) is 55.1 Å². The van der Waals surface area contributed by atoms with Gasteiger partial charge in [-0.25, -0.2) is 14.8 Å². The van der Waals surface area contributed by atoms with Crippen LogP contribution in [0.3, 0.4) is 0 Å². The van der Waals surface area contributed by atoms with Crippen LogP contribution < -0.4 is 15.4 Å². The molecule has 3 rings (SSSR count). The summed E-state index contributed by atoms with van der Waals surface area (Å²) >= 11 is 0. The largest absolute Gasteiger partial charge is 0.476 e. The van der Waals surface area contributed by atoms with Crippen molar-refractivity contribution >= 4 is 11.7 Å². The van der Waals surface area contributed by atoms with E-state index in [2.05, 4.69) is 32.1 Å². The van der Waals surface area contributed by atoms with Gasteiger partial charge in [-0.3, -0.25) is 0 Å². The molecule has 2 heterocycles. The number of ether oxygens (including phenoxy) is 1. The molecule has 0 aliphatic carbocycles. The number of carbonyl (C=O) groups is 1. The molecule has 0 aliphatic rings. The second kappa shape index (κ2) is 11.0. The van der Waals surface area contributed by atoms with Gasteiger partial charge in [-0.2, -0.15) is 0 Å². The number of aromatic nitrogens is 3. The molecular formula is C23H29N5O2. The van der Waals surface area contributed by atoms with Crippen LogP contribution in [0.1, 0.15) is 31.7 Å². The molecule has 7 nitrogen and oxygen atoms in total. The third-order valence-corrected chi connectivity index (χ3v) is 4.68. The molecule has 30 heavy (non-hydrogen) atoms. The quantitative estimate of drug-likeness (QED) is 0.480. The maximum Gasteiger partial charge on any atom is 0.319 e. The van der Waals surface area contributed by atoms with Crippen molar-refractivity contribution in [2.24, 2.45) is 0 Å². The van der Waals surface area contributed by atoms with Gasteiger partial charge in [0.1, 0.15) is 5.69 Å². The Morgan fingerprint density at radius 3 is 2.77 bits per heavy atom. The summed E-state index contributed by atoms with van der Waals surface area (Å²) in [4.78, 5) is 20.9. The van der Waals surface area contributed by atoms with Gasteiger partial charge in [-0.05, 0) is 31.4 Å². The number of rotatable bonds is 10. The maximum absolute atomic E-state index is 12.1. The minimum absolute atomic E-state index is 0.240. The van der Waals surface area contributed by atoms with Crippen LogP contribution in [-0.4, -0.2) is 33.7 Å². The lowest BCUT2D eigenvalue weighted by Gasteiger charge is -2.14. The summed E-state index contributed by atoms with van der Waals surface area (Å²) in [5.74, 6) is 0.441. The van der Waals surface area contributed by atoms with Crippen LogP contribution in [0.2, 0.25) is 0 Å². The molecule has 2 amide bonds. The molecule has 7 heteroatoms. The van der Waals surface area contributed by atoms with E-state index in [1.807, 2.05) is 55.8 Å². The summed E-state index contributed by atoms with van der Waals surface area (Å²) in [5.41, 5.74) is 3.58. The van der Waals surface area contributed by atoms with Crippen molar-refractivity contribution in [1.82, 2.24) is 19.9 Å². The molecule has 0 spiro atoms. The molecule has 2 N–H and O–H groups in total. The van der Waals surface area contributed by atoms with Crippen LogP contribution in [-0.2, 0) is 6.54 Å². The Morgan fingerprint density at radius 1 is 1.13 bits per heavy atom. The number of benzene rings is 1. The number of pyridine rings is 1. The third kappa shape index (κ3) is 6.07. The second-order valence-corrected chi connectivity index (χ2v) is 7.11. The topological polar surface area (TPSA) is 81.1 Å². The predicted octanol–water partition coefficient (Wildman–Crippen LogP) is 4.64. The standard InChI is InChI=1S/C23H29N5O2/c1-3-4-12-25-23(29)27-21-18(2)11-13-24-22(21)30-15-8-14-28-16-20(26-17-28)19-9-6-5-7-10-19/h5-7,9-11,13,16-17H,3-4,8,12,14-15H2,1-2H3,(H2,25,27,29). The number of amides is 2. The molecule has 2 aromatic heterocycles. The zero-order chi connectivity index (χ0) is 21.2. The van der Waals surface area contributed by atoms with Crippen LogP contribution in [0.5, 0.6) is 5.88 Å². The Balaban J connectivity index is 1.51. The number of anilines is 1. The molecule has 0 saturated carbocycles. The van der Waals surface area contributed by atoms with Crippen LogP contribution in [0, 0.1) is 6.92 Å². The summed E-state index contributed by atoms with van der Waals surface area (Å²) in [6, 6.07) is 11.7. The molecule has 3 aromatic rings. The molecule has 1 aromatic carbocycles. The van der Waals surface area contributed by atoms with Crippen LogP contribution in [0.25, 0.3) is 11.3 Å². The van der Waals surface area contributed by atoms with Gasteiger partial charge in [0.05, 0.1) is 18.6 Å². The zero-order valence-corrected chi connectivity index (χ0v) is 17.6. The van der Waals surface area contributed by atoms with Crippen molar-refractivity contribution in [2.75, 3.05) is 18.5 Å². The normalized spacial score (nSPS) is 10.6. The number of hydrogen-bond acceptors (Lipinski definition) is 4. The molecule has 158 valence electrons. The summed E-state index contributed by atoms with van der Waals surface area (Å²) in [5, 5.41) is 5.71.